The number of rotatable bonds is 4. The molecule has 0 saturated carbocycles. The second-order valence-electron chi connectivity index (χ2n) is 13.2. The van der Waals surface area contributed by atoms with Gasteiger partial charge in [-0.1, -0.05) is 133 Å². The van der Waals surface area contributed by atoms with Gasteiger partial charge in [0.25, 0.3) is 0 Å². The van der Waals surface area contributed by atoms with Crippen molar-refractivity contribution in [2.45, 2.75) is 0 Å². The quantitative estimate of drug-likeness (QED) is 0.187. The molecule has 5 nitrogen and oxygen atoms in total. The molecule has 0 fully saturated rings. The van der Waals surface area contributed by atoms with Crippen molar-refractivity contribution in [3.8, 4) is 45.3 Å². The number of hydrogen-bond acceptors (Lipinski definition) is 5. The molecule has 0 radical (unpaired) electrons. The average molecular weight is 666 g/mol. The fraction of sp³-hybridized carbons (Fsp3) is 0. The molecule has 0 spiro atoms. The second-order valence-corrected chi connectivity index (χ2v) is 13.2. The zero-order chi connectivity index (χ0) is 34.2. The minimum absolute atomic E-state index is 0.575. The molecular formula is C47H27N3O2. The van der Waals surface area contributed by atoms with E-state index in [9.17, 15) is 0 Å². The molecule has 3 heterocycles. The lowest BCUT2D eigenvalue weighted by atomic mass is 9.95. The van der Waals surface area contributed by atoms with E-state index in [1.165, 1.54) is 0 Å². The number of furan rings is 2. The number of para-hydroxylation sites is 2. The zero-order valence-electron chi connectivity index (χ0n) is 27.7. The van der Waals surface area contributed by atoms with Gasteiger partial charge < -0.3 is 8.83 Å². The number of hydrogen-bond donors (Lipinski definition) is 0. The van der Waals surface area contributed by atoms with Gasteiger partial charge in [-0.15, -0.1) is 0 Å². The Labute approximate surface area is 297 Å². The first-order valence-electron chi connectivity index (χ1n) is 17.3. The smallest absolute Gasteiger partial charge is 0.164 e. The first kappa shape index (κ1) is 28.7. The summed E-state index contributed by atoms with van der Waals surface area (Å²) < 4.78 is 13.1. The predicted molar refractivity (Wildman–Crippen MR) is 211 cm³/mol. The van der Waals surface area contributed by atoms with Crippen LogP contribution in [0.3, 0.4) is 0 Å². The molecule has 0 unspecified atom stereocenters. The summed E-state index contributed by atoms with van der Waals surface area (Å²) >= 11 is 0. The Bertz CT molecular complexity index is 3110. The molecule has 0 aliphatic carbocycles. The van der Waals surface area contributed by atoms with E-state index in [-0.39, 0.29) is 0 Å². The monoisotopic (exact) mass is 665 g/mol. The minimum Gasteiger partial charge on any atom is -0.456 e. The third-order valence-corrected chi connectivity index (χ3v) is 10.1. The molecule has 0 atom stereocenters. The summed E-state index contributed by atoms with van der Waals surface area (Å²) in [5, 5.41) is 8.69. The van der Waals surface area contributed by atoms with Crippen molar-refractivity contribution in [2.24, 2.45) is 0 Å². The predicted octanol–water partition coefficient (Wildman–Crippen LogP) is 12.6. The van der Waals surface area contributed by atoms with Crippen molar-refractivity contribution in [3.05, 3.63) is 164 Å². The lowest BCUT2D eigenvalue weighted by Crippen LogP contribution is -2.00. The Kier molecular flexibility index (Phi) is 6.18. The summed E-state index contributed by atoms with van der Waals surface area (Å²) in [5.41, 5.74) is 7.99. The SMILES string of the molecule is c1ccc2cc(-c3nc(-c4ccc5ccccc5c4)nc(-c4cccc5oc6cccc(-c7cccc8c7oc7ccccc78)c6c45)n3)ccc2c1. The third-order valence-electron chi connectivity index (χ3n) is 10.1. The maximum atomic E-state index is 6.57. The summed E-state index contributed by atoms with van der Waals surface area (Å²) in [6.45, 7) is 0. The number of aromatic nitrogens is 3. The molecule has 0 amide bonds. The summed E-state index contributed by atoms with van der Waals surface area (Å²) in [5.74, 6) is 1.79. The maximum absolute atomic E-state index is 6.57. The highest BCUT2D eigenvalue weighted by atomic mass is 16.3. The van der Waals surface area contributed by atoms with Crippen molar-refractivity contribution >= 4 is 65.4 Å². The van der Waals surface area contributed by atoms with Crippen LogP contribution in [0.5, 0.6) is 0 Å². The topological polar surface area (TPSA) is 65.0 Å². The van der Waals surface area contributed by atoms with E-state index >= 15 is 0 Å². The van der Waals surface area contributed by atoms with Crippen LogP contribution in [0.25, 0.3) is 111 Å². The van der Waals surface area contributed by atoms with Gasteiger partial charge in [0.15, 0.2) is 17.5 Å². The van der Waals surface area contributed by atoms with E-state index < -0.39 is 0 Å². The van der Waals surface area contributed by atoms with E-state index in [4.69, 9.17) is 23.8 Å². The van der Waals surface area contributed by atoms with Gasteiger partial charge in [-0.05, 0) is 57.4 Å². The summed E-state index contributed by atoms with van der Waals surface area (Å²) in [4.78, 5) is 15.5. The largest absolute Gasteiger partial charge is 0.456 e. The van der Waals surface area contributed by atoms with Crippen molar-refractivity contribution in [3.63, 3.8) is 0 Å². The molecule has 52 heavy (non-hydrogen) atoms. The Morgan fingerprint density at radius 3 is 1.52 bits per heavy atom. The van der Waals surface area contributed by atoms with Crippen LogP contribution in [-0.4, -0.2) is 15.0 Å². The first-order valence-corrected chi connectivity index (χ1v) is 17.3. The standard InChI is InChI=1S/C47H27N3O2/c1-3-12-30-26-32(24-22-28(30)10-1)45-48-46(33-25-23-29-11-2-4-13-31(29)27-33)50-47(49-45)38-18-9-21-41-43(38)42-35(15-8-20-40(42)51-41)37-17-7-16-36-34-14-5-6-19-39(34)52-44(36)37/h1-27H. The van der Waals surface area contributed by atoms with Gasteiger partial charge in [-0.25, -0.2) is 15.0 Å². The van der Waals surface area contributed by atoms with Crippen LogP contribution in [0.2, 0.25) is 0 Å². The molecule has 11 rings (SSSR count). The molecule has 8 aromatic carbocycles. The fourth-order valence-corrected chi connectivity index (χ4v) is 7.65. The fourth-order valence-electron chi connectivity index (χ4n) is 7.65. The zero-order valence-corrected chi connectivity index (χ0v) is 27.7. The third kappa shape index (κ3) is 4.46. The van der Waals surface area contributed by atoms with Crippen LogP contribution in [0, 0.1) is 0 Å². The van der Waals surface area contributed by atoms with E-state index in [0.717, 1.165) is 93.2 Å². The van der Waals surface area contributed by atoms with E-state index in [0.29, 0.717) is 17.5 Å². The Morgan fingerprint density at radius 1 is 0.327 bits per heavy atom. The average Bonchev–Trinajstić information content (AvgIpc) is 3.79. The van der Waals surface area contributed by atoms with Gasteiger partial charge in [0.05, 0.1) is 0 Å². The summed E-state index contributed by atoms with van der Waals surface area (Å²) in [6.07, 6.45) is 0. The Hall–Kier alpha value is -7.11. The molecule has 0 N–H and O–H groups in total. The van der Waals surface area contributed by atoms with Crippen molar-refractivity contribution in [2.75, 3.05) is 0 Å². The molecule has 3 aromatic heterocycles. The van der Waals surface area contributed by atoms with E-state index in [2.05, 4.69) is 121 Å². The molecule has 0 aliphatic rings. The molecule has 11 aromatic rings. The van der Waals surface area contributed by atoms with Crippen LogP contribution in [0.1, 0.15) is 0 Å². The van der Waals surface area contributed by atoms with Gasteiger partial charge in [0, 0.05) is 43.8 Å². The Balaban J connectivity index is 1.18. The van der Waals surface area contributed by atoms with Crippen molar-refractivity contribution in [1.29, 1.82) is 0 Å². The molecular weight excluding hydrogens is 639 g/mol. The van der Waals surface area contributed by atoms with Gasteiger partial charge in [0.2, 0.25) is 0 Å². The lowest BCUT2D eigenvalue weighted by molar-refractivity contribution is 0.668. The van der Waals surface area contributed by atoms with Gasteiger partial charge in [-0.3, -0.25) is 0 Å². The number of nitrogens with zero attached hydrogens (tertiary/aromatic N) is 3. The highest BCUT2D eigenvalue weighted by Gasteiger charge is 2.22. The molecule has 0 bridgehead atoms. The first-order chi connectivity index (χ1) is 25.7. The van der Waals surface area contributed by atoms with E-state index in [1.54, 1.807) is 0 Å². The highest BCUT2D eigenvalue weighted by molar-refractivity contribution is 6.20. The van der Waals surface area contributed by atoms with Crippen LogP contribution >= 0.6 is 0 Å². The van der Waals surface area contributed by atoms with Gasteiger partial charge in [0.1, 0.15) is 22.3 Å². The van der Waals surface area contributed by atoms with Crippen LogP contribution < -0.4 is 0 Å². The maximum Gasteiger partial charge on any atom is 0.164 e. The number of fused-ring (bicyclic) bond motifs is 8. The summed E-state index contributed by atoms with van der Waals surface area (Å²) in [7, 11) is 0. The van der Waals surface area contributed by atoms with Crippen LogP contribution in [-0.2, 0) is 0 Å². The van der Waals surface area contributed by atoms with Gasteiger partial charge in [-0.2, -0.15) is 0 Å². The lowest BCUT2D eigenvalue weighted by Gasteiger charge is -2.11. The normalized spacial score (nSPS) is 11.8. The second kappa shape index (κ2) is 11.2. The van der Waals surface area contributed by atoms with Crippen LogP contribution in [0.15, 0.2) is 173 Å². The van der Waals surface area contributed by atoms with Crippen molar-refractivity contribution < 1.29 is 8.83 Å². The highest BCUT2D eigenvalue weighted by Crippen LogP contribution is 2.44. The molecule has 0 aliphatic heterocycles. The minimum atomic E-state index is 0.575. The molecule has 0 saturated heterocycles. The molecule has 5 heteroatoms. The van der Waals surface area contributed by atoms with Gasteiger partial charge >= 0.3 is 0 Å². The molecule has 242 valence electrons. The summed E-state index contributed by atoms with van der Waals surface area (Å²) in [6, 6.07) is 56.3. The van der Waals surface area contributed by atoms with Crippen molar-refractivity contribution in [1.82, 2.24) is 15.0 Å². The number of benzene rings is 8. The Morgan fingerprint density at radius 2 is 0.827 bits per heavy atom. The van der Waals surface area contributed by atoms with E-state index in [1.807, 2.05) is 42.5 Å². The van der Waals surface area contributed by atoms with Crippen LogP contribution in [0.4, 0.5) is 0 Å².